The molecule has 76 valence electrons. The highest BCUT2D eigenvalue weighted by Crippen LogP contribution is 2.08. The van der Waals surface area contributed by atoms with E-state index in [9.17, 15) is 4.79 Å². The molecule has 0 aliphatic rings. The molecule has 0 aliphatic carbocycles. The molecule has 0 bridgehead atoms. The van der Waals surface area contributed by atoms with E-state index in [4.69, 9.17) is 4.74 Å². The number of benzene rings is 1. The standard InChI is InChI=1S/C11H14O3/c1-9-5-3-4-6-10(9)7-14-11(12)8-13-2/h3-6H,7-8H2,1-2H3. The van der Waals surface area contributed by atoms with Crippen molar-refractivity contribution >= 4 is 5.97 Å². The lowest BCUT2D eigenvalue weighted by Gasteiger charge is -2.06. The van der Waals surface area contributed by atoms with E-state index in [1.807, 2.05) is 31.2 Å². The van der Waals surface area contributed by atoms with E-state index in [0.717, 1.165) is 11.1 Å². The van der Waals surface area contributed by atoms with Crippen LogP contribution in [-0.4, -0.2) is 19.7 Å². The minimum Gasteiger partial charge on any atom is -0.459 e. The number of hydrogen-bond donors (Lipinski definition) is 0. The predicted octanol–water partition coefficient (Wildman–Crippen LogP) is 1.68. The van der Waals surface area contributed by atoms with Gasteiger partial charge >= 0.3 is 5.97 Å². The molecule has 1 aromatic carbocycles. The summed E-state index contributed by atoms with van der Waals surface area (Å²) in [6.45, 7) is 2.31. The van der Waals surface area contributed by atoms with Crippen LogP contribution in [0.4, 0.5) is 0 Å². The van der Waals surface area contributed by atoms with Crippen molar-refractivity contribution in [3.05, 3.63) is 35.4 Å². The number of ether oxygens (including phenoxy) is 2. The molecule has 0 aliphatic heterocycles. The second-order valence-corrected chi connectivity index (χ2v) is 3.02. The van der Waals surface area contributed by atoms with Crippen molar-refractivity contribution in [2.75, 3.05) is 13.7 Å². The normalized spacial score (nSPS) is 9.86. The van der Waals surface area contributed by atoms with Gasteiger partial charge in [-0.25, -0.2) is 4.79 Å². The zero-order valence-corrected chi connectivity index (χ0v) is 8.45. The maximum atomic E-state index is 11.0. The van der Waals surface area contributed by atoms with Crippen molar-refractivity contribution in [1.29, 1.82) is 0 Å². The average molecular weight is 194 g/mol. The van der Waals surface area contributed by atoms with Gasteiger partial charge in [0.05, 0.1) is 0 Å². The third kappa shape index (κ3) is 3.18. The van der Waals surface area contributed by atoms with Crippen LogP contribution in [0.5, 0.6) is 0 Å². The van der Waals surface area contributed by atoms with Crippen molar-refractivity contribution < 1.29 is 14.3 Å². The number of rotatable bonds is 4. The van der Waals surface area contributed by atoms with Gasteiger partial charge in [0.2, 0.25) is 0 Å². The van der Waals surface area contributed by atoms with E-state index in [1.54, 1.807) is 0 Å². The Morgan fingerprint density at radius 1 is 1.36 bits per heavy atom. The highest BCUT2D eigenvalue weighted by Gasteiger charge is 2.03. The number of carbonyl (C=O) groups excluding carboxylic acids is 1. The summed E-state index contributed by atoms with van der Waals surface area (Å²) >= 11 is 0. The third-order valence-corrected chi connectivity index (χ3v) is 1.91. The number of esters is 1. The zero-order chi connectivity index (χ0) is 10.4. The molecule has 0 saturated heterocycles. The minimum absolute atomic E-state index is 0.00583. The number of carbonyl (C=O) groups is 1. The van der Waals surface area contributed by atoms with Crippen molar-refractivity contribution in [3.63, 3.8) is 0 Å². The van der Waals surface area contributed by atoms with Crippen molar-refractivity contribution in [2.45, 2.75) is 13.5 Å². The fraction of sp³-hybridized carbons (Fsp3) is 0.364. The quantitative estimate of drug-likeness (QED) is 0.684. The van der Waals surface area contributed by atoms with Crippen LogP contribution in [0.2, 0.25) is 0 Å². The summed E-state index contributed by atoms with van der Waals surface area (Å²) in [5.41, 5.74) is 2.15. The van der Waals surface area contributed by atoms with Crippen LogP contribution in [0.15, 0.2) is 24.3 Å². The van der Waals surface area contributed by atoms with Crippen molar-refractivity contribution in [1.82, 2.24) is 0 Å². The molecular formula is C11H14O3. The Morgan fingerprint density at radius 2 is 2.07 bits per heavy atom. The van der Waals surface area contributed by atoms with E-state index in [0.29, 0.717) is 6.61 Å². The summed E-state index contributed by atoms with van der Waals surface area (Å²) in [4.78, 5) is 11.0. The predicted molar refractivity (Wildman–Crippen MR) is 52.9 cm³/mol. The lowest BCUT2D eigenvalue weighted by Crippen LogP contribution is -2.11. The fourth-order valence-electron chi connectivity index (χ4n) is 1.09. The molecule has 1 aromatic rings. The maximum absolute atomic E-state index is 11.0. The Kier molecular flexibility index (Phi) is 4.13. The molecule has 0 spiro atoms. The summed E-state index contributed by atoms with van der Waals surface area (Å²) in [6.07, 6.45) is 0. The lowest BCUT2D eigenvalue weighted by molar-refractivity contribution is -0.149. The molecule has 3 heteroatoms. The lowest BCUT2D eigenvalue weighted by atomic mass is 10.1. The first-order valence-electron chi connectivity index (χ1n) is 4.43. The van der Waals surface area contributed by atoms with E-state index >= 15 is 0 Å². The maximum Gasteiger partial charge on any atom is 0.332 e. The van der Waals surface area contributed by atoms with Crippen LogP contribution < -0.4 is 0 Å². The van der Waals surface area contributed by atoms with Gasteiger partial charge in [0.25, 0.3) is 0 Å². The second kappa shape index (κ2) is 5.40. The Hall–Kier alpha value is -1.35. The summed E-state index contributed by atoms with van der Waals surface area (Å²) in [7, 11) is 1.47. The van der Waals surface area contributed by atoms with E-state index in [1.165, 1.54) is 7.11 Å². The SMILES string of the molecule is COCC(=O)OCc1ccccc1C. The number of hydrogen-bond acceptors (Lipinski definition) is 3. The molecule has 0 amide bonds. The van der Waals surface area contributed by atoms with Gasteiger partial charge < -0.3 is 9.47 Å². The molecule has 0 unspecified atom stereocenters. The molecule has 0 N–H and O–H groups in total. The fourth-order valence-corrected chi connectivity index (χ4v) is 1.09. The Morgan fingerprint density at radius 3 is 2.71 bits per heavy atom. The molecule has 3 nitrogen and oxygen atoms in total. The van der Waals surface area contributed by atoms with Crippen LogP contribution >= 0.6 is 0 Å². The molecule has 0 atom stereocenters. The zero-order valence-electron chi connectivity index (χ0n) is 8.45. The Balaban J connectivity index is 2.46. The monoisotopic (exact) mass is 194 g/mol. The molecule has 1 rings (SSSR count). The summed E-state index contributed by atoms with van der Waals surface area (Å²) in [5.74, 6) is -0.337. The number of methoxy groups -OCH3 is 1. The molecule has 14 heavy (non-hydrogen) atoms. The Bertz CT molecular complexity index is 307. The first-order chi connectivity index (χ1) is 6.74. The largest absolute Gasteiger partial charge is 0.459 e. The molecule has 0 heterocycles. The highest BCUT2D eigenvalue weighted by molar-refractivity contribution is 5.70. The Labute approximate surface area is 83.6 Å². The minimum atomic E-state index is -0.337. The van der Waals surface area contributed by atoms with Gasteiger partial charge in [-0.3, -0.25) is 0 Å². The molecular weight excluding hydrogens is 180 g/mol. The molecule has 0 fully saturated rings. The topological polar surface area (TPSA) is 35.5 Å². The van der Waals surface area contributed by atoms with E-state index < -0.39 is 0 Å². The van der Waals surface area contributed by atoms with Crippen LogP contribution in [-0.2, 0) is 20.9 Å². The van der Waals surface area contributed by atoms with Gasteiger partial charge in [-0.2, -0.15) is 0 Å². The highest BCUT2D eigenvalue weighted by atomic mass is 16.6. The van der Waals surface area contributed by atoms with Crippen LogP contribution in [0.1, 0.15) is 11.1 Å². The third-order valence-electron chi connectivity index (χ3n) is 1.91. The van der Waals surface area contributed by atoms with E-state index in [2.05, 4.69) is 4.74 Å². The number of aryl methyl sites for hydroxylation is 1. The van der Waals surface area contributed by atoms with Gasteiger partial charge in [-0.05, 0) is 18.1 Å². The van der Waals surface area contributed by atoms with Gasteiger partial charge in [-0.1, -0.05) is 24.3 Å². The molecule has 0 saturated carbocycles. The van der Waals surface area contributed by atoms with Gasteiger partial charge in [0.1, 0.15) is 13.2 Å². The first-order valence-corrected chi connectivity index (χ1v) is 4.43. The van der Waals surface area contributed by atoms with Crippen LogP contribution in [0.3, 0.4) is 0 Å². The van der Waals surface area contributed by atoms with Gasteiger partial charge in [-0.15, -0.1) is 0 Å². The van der Waals surface area contributed by atoms with Crippen molar-refractivity contribution in [2.24, 2.45) is 0 Å². The smallest absolute Gasteiger partial charge is 0.332 e. The van der Waals surface area contributed by atoms with Crippen LogP contribution in [0.25, 0.3) is 0 Å². The first kappa shape index (κ1) is 10.7. The second-order valence-electron chi connectivity index (χ2n) is 3.02. The summed E-state index contributed by atoms with van der Waals surface area (Å²) in [5, 5.41) is 0. The van der Waals surface area contributed by atoms with Crippen molar-refractivity contribution in [3.8, 4) is 0 Å². The van der Waals surface area contributed by atoms with Gasteiger partial charge in [0, 0.05) is 7.11 Å². The van der Waals surface area contributed by atoms with E-state index in [-0.39, 0.29) is 12.6 Å². The van der Waals surface area contributed by atoms with Gasteiger partial charge in [0.15, 0.2) is 0 Å². The molecule has 0 aromatic heterocycles. The summed E-state index contributed by atoms with van der Waals surface area (Å²) < 4.78 is 9.63. The average Bonchev–Trinajstić information content (AvgIpc) is 2.17. The van der Waals surface area contributed by atoms with Crippen LogP contribution in [0, 0.1) is 6.92 Å². The molecule has 0 radical (unpaired) electrons. The summed E-state index contributed by atoms with van der Waals surface area (Å²) in [6, 6.07) is 7.80.